The number of amides is 1. The number of carbonyl (C=O) groups is 2. The summed E-state index contributed by atoms with van der Waals surface area (Å²) in [5.41, 5.74) is 1.05. The Morgan fingerprint density at radius 3 is 2.73 bits per heavy atom. The Balaban J connectivity index is 2.30. The second-order valence-corrected chi connectivity index (χ2v) is 4.98. The van der Waals surface area contributed by atoms with Gasteiger partial charge in [-0.05, 0) is 38.3 Å². The Morgan fingerprint density at radius 2 is 2.09 bits per heavy atom. The van der Waals surface area contributed by atoms with Gasteiger partial charge in [0.1, 0.15) is 11.8 Å². The van der Waals surface area contributed by atoms with Crippen LogP contribution in [0.25, 0.3) is 0 Å². The highest BCUT2D eigenvalue weighted by atomic mass is 16.5. The molecule has 1 amide bonds. The molecule has 0 radical (unpaired) electrons. The summed E-state index contributed by atoms with van der Waals surface area (Å²) in [7, 11) is 0. The molecular weight excluding hydrogens is 282 g/mol. The lowest BCUT2D eigenvalue weighted by Gasteiger charge is -2.13. The molecule has 0 saturated heterocycles. The maximum atomic E-state index is 11.7. The third kappa shape index (κ3) is 6.43. The molecule has 1 aromatic carbocycles. The summed E-state index contributed by atoms with van der Waals surface area (Å²) in [6.07, 6.45) is 4.55. The zero-order valence-electron chi connectivity index (χ0n) is 13.0. The molecule has 0 saturated carbocycles. The van der Waals surface area contributed by atoms with Crippen LogP contribution in [0.15, 0.2) is 36.4 Å². The second-order valence-electron chi connectivity index (χ2n) is 4.98. The number of hydrogen-bond acceptors (Lipinski definition) is 3. The van der Waals surface area contributed by atoms with E-state index in [-0.39, 0.29) is 18.7 Å². The van der Waals surface area contributed by atoms with E-state index < -0.39 is 12.0 Å². The highest BCUT2D eigenvalue weighted by Crippen LogP contribution is 2.16. The van der Waals surface area contributed by atoms with Crippen LogP contribution in [-0.4, -0.2) is 29.6 Å². The highest BCUT2D eigenvalue weighted by molar-refractivity contribution is 5.83. The number of aliphatic carboxylic acids is 1. The maximum Gasteiger partial charge on any atom is 0.326 e. The van der Waals surface area contributed by atoms with Crippen LogP contribution in [0, 0.1) is 6.92 Å². The molecule has 120 valence electrons. The van der Waals surface area contributed by atoms with Crippen molar-refractivity contribution in [1.82, 2.24) is 5.32 Å². The van der Waals surface area contributed by atoms with E-state index in [9.17, 15) is 9.59 Å². The van der Waals surface area contributed by atoms with Crippen molar-refractivity contribution >= 4 is 11.9 Å². The number of carboxylic acid groups (broad SMARTS) is 1. The van der Waals surface area contributed by atoms with Crippen molar-refractivity contribution < 1.29 is 19.4 Å². The van der Waals surface area contributed by atoms with Crippen LogP contribution >= 0.6 is 0 Å². The monoisotopic (exact) mass is 305 g/mol. The highest BCUT2D eigenvalue weighted by Gasteiger charge is 2.17. The minimum Gasteiger partial charge on any atom is -0.493 e. The van der Waals surface area contributed by atoms with E-state index in [1.54, 1.807) is 12.2 Å². The lowest BCUT2D eigenvalue weighted by atomic mass is 10.2. The molecular formula is C17H23NO4. The number of benzene rings is 1. The summed E-state index contributed by atoms with van der Waals surface area (Å²) in [4.78, 5) is 22.8. The summed E-state index contributed by atoms with van der Waals surface area (Å²) < 4.78 is 5.60. The largest absolute Gasteiger partial charge is 0.493 e. The lowest BCUT2D eigenvalue weighted by Crippen LogP contribution is -2.40. The molecule has 0 aromatic heterocycles. The number of allylic oxidation sites excluding steroid dienone is 1. The fraction of sp³-hybridized carbons (Fsp3) is 0.412. The number of carbonyl (C=O) groups excluding carboxylic acids is 1. The quantitative estimate of drug-likeness (QED) is 0.543. The minimum absolute atomic E-state index is 0.242. The first-order valence-electron chi connectivity index (χ1n) is 7.36. The molecule has 0 aliphatic heterocycles. The van der Waals surface area contributed by atoms with Crippen LogP contribution in [0.1, 0.15) is 31.7 Å². The molecule has 5 nitrogen and oxygen atoms in total. The van der Waals surface area contributed by atoms with Crippen molar-refractivity contribution in [2.45, 2.75) is 39.2 Å². The normalized spacial score (nSPS) is 12.1. The van der Waals surface area contributed by atoms with Gasteiger partial charge in [0.25, 0.3) is 0 Å². The first kappa shape index (κ1) is 17.8. The van der Waals surface area contributed by atoms with Crippen LogP contribution in [0.4, 0.5) is 0 Å². The zero-order chi connectivity index (χ0) is 16.4. The van der Waals surface area contributed by atoms with E-state index in [2.05, 4.69) is 5.32 Å². The summed E-state index contributed by atoms with van der Waals surface area (Å²) in [5, 5.41) is 11.5. The van der Waals surface area contributed by atoms with E-state index in [4.69, 9.17) is 9.84 Å². The van der Waals surface area contributed by atoms with Gasteiger partial charge in [-0.1, -0.05) is 30.4 Å². The van der Waals surface area contributed by atoms with Crippen molar-refractivity contribution in [3.63, 3.8) is 0 Å². The van der Waals surface area contributed by atoms with Crippen LogP contribution in [0.3, 0.4) is 0 Å². The van der Waals surface area contributed by atoms with Crippen molar-refractivity contribution in [2.75, 3.05) is 6.61 Å². The molecule has 0 fully saturated rings. The zero-order valence-corrected chi connectivity index (χ0v) is 13.0. The van der Waals surface area contributed by atoms with Crippen LogP contribution in [-0.2, 0) is 9.59 Å². The first-order valence-corrected chi connectivity index (χ1v) is 7.36. The lowest BCUT2D eigenvalue weighted by molar-refractivity contribution is -0.141. The second kappa shape index (κ2) is 9.60. The van der Waals surface area contributed by atoms with Crippen molar-refractivity contribution in [2.24, 2.45) is 0 Å². The molecule has 22 heavy (non-hydrogen) atoms. The smallest absolute Gasteiger partial charge is 0.326 e. The Bertz CT molecular complexity index is 525. The molecule has 0 heterocycles. The predicted octanol–water partition coefficient (Wildman–Crippen LogP) is 2.69. The third-order valence-corrected chi connectivity index (χ3v) is 3.14. The van der Waals surface area contributed by atoms with Gasteiger partial charge in [-0.25, -0.2) is 4.79 Å². The Hall–Kier alpha value is -2.30. The number of aryl methyl sites for hydroxylation is 1. The number of para-hydroxylation sites is 1. The number of carboxylic acids is 1. The molecule has 1 rings (SSSR count). The Kier molecular flexibility index (Phi) is 7.75. The van der Waals surface area contributed by atoms with Crippen LogP contribution < -0.4 is 10.1 Å². The van der Waals surface area contributed by atoms with Gasteiger partial charge in [0.2, 0.25) is 5.91 Å². The number of rotatable bonds is 9. The van der Waals surface area contributed by atoms with Crippen molar-refractivity contribution in [3.05, 3.63) is 42.0 Å². The van der Waals surface area contributed by atoms with E-state index in [0.29, 0.717) is 13.0 Å². The number of ether oxygens (including phenoxy) is 1. The number of hydrogen-bond donors (Lipinski definition) is 2. The minimum atomic E-state index is -1.03. The third-order valence-electron chi connectivity index (χ3n) is 3.14. The molecule has 0 aliphatic rings. The number of nitrogens with one attached hydrogen (secondary N) is 1. The fourth-order valence-electron chi connectivity index (χ4n) is 1.89. The van der Waals surface area contributed by atoms with Gasteiger partial charge >= 0.3 is 5.97 Å². The molecule has 5 heteroatoms. The molecule has 1 atom stereocenters. The molecule has 0 spiro atoms. The van der Waals surface area contributed by atoms with Gasteiger partial charge in [0, 0.05) is 6.42 Å². The summed E-state index contributed by atoms with van der Waals surface area (Å²) >= 11 is 0. The van der Waals surface area contributed by atoms with Gasteiger partial charge in [0.05, 0.1) is 6.61 Å². The maximum absolute atomic E-state index is 11.7. The van der Waals surface area contributed by atoms with Gasteiger partial charge < -0.3 is 15.2 Å². The van der Waals surface area contributed by atoms with Crippen LogP contribution in [0.5, 0.6) is 5.75 Å². The average Bonchev–Trinajstić information content (AvgIpc) is 2.49. The Labute approximate surface area is 131 Å². The average molecular weight is 305 g/mol. The fourth-order valence-corrected chi connectivity index (χ4v) is 1.89. The van der Waals surface area contributed by atoms with E-state index >= 15 is 0 Å². The van der Waals surface area contributed by atoms with Gasteiger partial charge in [-0.15, -0.1) is 0 Å². The SMILES string of the molecule is C/C=C/CC(NC(=O)CCCOc1ccccc1C)C(=O)O. The predicted molar refractivity (Wildman–Crippen MR) is 84.9 cm³/mol. The van der Waals surface area contributed by atoms with E-state index in [0.717, 1.165) is 11.3 Å². The first-order chi connectivity index (χ1) is 10.5. The summed E-state index contributed by atoms with van der Waals surface area (Å²) in [6, 6.07) is 6.80. The summed E-state index contributed by atoms with van der Waals surface area (Å²) in [6.45, 7) is 4.19. The van der Waals surface area contributed by atoms with Gasteiger partial charge in [0.15, 0.2) is 0 Å². The van der Waals surface area contributed by atoms with Gasteiger partial charge in [-0.3, -0.25) is 4.79 Å². The molecule has 0 aliphatic carbocycles. The van der Waals surface area contributed by atoms with Crippen molar-refractivity contribution in [3.8, 4) is 5.75 Å². The topological polar surface area (TPSA) is 75.6 Å². The van der Waals surface area contributed by atoms with Gasteiger partial charge in [-0.2, -0.15) is 0 Å². The Morgan fingerprint density at radius 1 is 1.36 bits per heavy atom. The summed E-state index contributed by atoms with van der Waals surface area (Å²) in [5.74, 6) is -0.493. The molecule has 2 N–H and O–H groups in total. The van der Waals surface area contributed by atoms with E-state index in [1.807, 2.05) is 38.1 Å². The molecule has 0 bridgehead atoms. The standard InChI is InChI=1S/C17H23NO4/c1-3-4-9-14(17(20)21)18-16(19)11-7-12-22-15-10-6-5-8-13(15)2/h3-6,8,10,14H,7,9,11-12H2,1-2H3,(H,18,19)(H,20,21)/b4-3+. The van der Waals surface area contributed by atoms with Crippen LogP contribution in [0.2, 0.25) is 0 Å². The van der Waals surface area contributed by atoms with Crippen molar-refractivity contribution in [1.29, 1.82) is 0 Å². The molecule has 1 aromatic rings. The van der Waals surface area contributed by atoms with E-state index in [1.165, 1.54) is 0 Å². The molecule has 1 unspecified atom stereocenters.